The van der Waals surface area contributed by atoms with Crippen LogP contribution in [-0.4, -0.2) is 46.8 Å². The highest BCUT2D eigenvalue weighted by molar-refractivity contribution is 5.31. The number of aliphatic hydroxyl groups is 2. The van der Waals surface area contributed by atoms with Gasteiger partial charge < -0.3 is 19.7 Å². The summed E-state index contributed by atoms with van der Waals surface area (Å²) < 4.78 is 13.1. The highest BCUT2D eigenvalue weighted by Gasteiger charge is 2.83. The topological polar surface area (TPSA) is 58.9 Å². The Morgan fingerprint density at radius 3 is 2.31 bits per heavy atom. The van der Waals surface area contributed by atoms with Crippen LogP contribution in [0.25, 0.3) is 0 Å². The second-order valence-corrected chi connectivity index (χ2v) is 16.1. The third-order valence-electron chi connectivity index (χ3n) is 14.1. The summed E-state index contributed by atoms with van der Waals surface area (Å²) in [6.45, 7) is 18.9. The zero-order chi connectivity index (χ0) is 26.1. The Morgan fingerprint density at radius 1 is 0.972 bits per heavy atom. The van der Waals surface area contributed by atoms with Crippen molar-refractivity contribution >= 4 is 0 Å². The molecule has 206 valence electrons. The van der Waals surface area contributed by atoms with Crippen LogP contribution in [0, 0.1) is 50.7 Å². The third kappa shape index (κ3) is 3.02. The van der Waals surface area contributed by atoms with Crippen molar-refractivity contribution in [2.75, 3.05) is 6.61 Å². The van der Waals surface area contributed by atoms with Crippen molar-refractivity contribution in [3.05, 3.63) is 0 Å². The summed E-state index contributed by atoms with van der Waals surface area (Å²) in [4.78, 5) is 0. The quantitative estimate of drug-likeness (QED) is 0.469. The van der Waals surface area contributed by atoms with Gasteiger partial charge in [0.05, 0.1) is 23.9 Å². The molecule has 0 aromatic heterocycles. The molecule has 12 atom stereocenters. The average molecular weight is 503 g/mol. The molecule has 2 spiro atoms. The van der Waals surface area contributed by atoms with Crippen LogP contribution in [0.1, 0.15) is 113 Å². The van der Waals surface area contributed by atoms with Gasteiger partial charge in [0.25, 0.3) is 0 Å². The van der Waals surface area contributed by atoms with E-state index in [-0.39, 0.29) is 29.8 Å². The van der Waals surface area contributed by atoms with Crippen LogP contribution < -0.4 is 0 Å². The van der Waals surface area contributed by atoms with Crippen LogP contribution in [0.15, 0.2) is 0 Å². The molecule has 6 fully saturated rings. The Labute approximate surface area is 220 Å². The van der Waals surface area contributed by atoms with E-state index >= 15 is 0 Å². The minimum absolute atomic E-state index is 0.0360. The molecular weight excluding hydrogens is 448 g/mol. The van der Waals surface area contributed by atoms with Crippen molar-refractivity contribution in [1.82, 2.24) is 0 Å². The molecule has 36 heavy (non-hydrogen) atoms. The molecule has 0 aromatic rings. The molecule has 4 heteroatoms. The molecule has 12 unspecified atom stereocenters. The first-order valence-electron chi connectivity index (χ1n) is 15.4. The maximum Gasteiger partial charge on any atom is 0.112 e. The van der Waals surface area contributed by atoms with Gasteiger partial charge in [-0.3, -0.25) is 0 Å². The Morgan fingerprint density at radius 2 is 1.64 bits per heavy atom. The minimum Gasteiger partial charge on any atom is -0.393 e. The van der Waals surface area contributed by atoms with Gasteiger partial charge in [-0.25, -0.2) is 0 Å². The second-order valence-electron chi connectivity index (χ2n) is 16.1. The summed E-state index contributed by atoms with van der Waals surface area (Å²) in [5.41, 5.74) is 0.732. The largest absolute Gasteiger partial charge is 0.393 e. The Kier molecular flexibility index (Phi) is 5.60. The highest BCUT2D eigenvalue weighted by Crippen LogP contribution is 2.89. The van der Waals surface area contributed by atoms with E-state index in [9.17, 15) is 10.2 Å². The Balaban J connectivity index is 1.31. The maximum absolute atomic E-state index is 10.9. The normalized spacial score (nSPS) is 56.0. The van der Waals surface area contributed by atoms with Gasteiger partial charge in [-0.2, -0.15) is 0 Å². The number of fused-ring (bicyclic) bond motifs is 4. The summed E-state index contributed by atoms with van der Waals surface area (Å²) >= 11 is 0. The van der Waals surface area contributed by atoms with E-state index in [1.165, 1.54) is 44.9 Å². The standard InChI is InChI=1S/C32H54O4/c1-9-35-26(28(5,6)34)20-16-19(2)25-21(36-20)17-30(8)23-11-10-22-27(3,4)24(33)12-13-31(22)18-32(23,31)15-14-29(25,30)7/h19-26,33-34H,9-18H2,1-8H3. The van der Waals surface area contributed by atoms with E-state index in [0.29, 0.717) is 46.0 Å². The van der Waals surface area contributed by atoms with Crippen LogP contribution in [0.3, 0.4) is 0 Å². The molecule has 5 saturated carbocycles. The molecule has 2 N–H and O–H groups in total. The predicted molar refractivity (Wildman–Crippen MR) is 142 cm³/mol. The fraction of sp³-hybridized carbons (Fsp3) is 1.00. The molecule has 0 aromatic carbocycles. The average Bonchev–Trinajstić information content (AvgIpc) is 3.37. The van der Waals surface area contributed by atoms with Crippen molar-refractivity contribution in [2.24, 2.45) is 50.7 Å². The molecule has 1 aliphatic heterocycles. The van der Waals surface area contributed by atoms with Crippen molar-refractivity contribution in [2.45, 2.75) is 143 Å². The number of ether oxygens (including phenoxy) is 2. The van der Waals surface area contributed by atoms with Gasteiger partial charge in [0.15, 0.2) is 0 Å². The van der Waals surface area contributed by atoms with Gasteiger partial charge in [-0.1, -0.05) is 34.6 Å². The summed E-state index contributed by atoms with van der Waals surface area (Å²) in [6.07, 6.45) is 11.0. The first-order chi connectivity index (χ1) is 16.7. The van der Waals surface area contributed by atoms with Crippen LogP contribution in [0.2, 0.25) is 0 Å². The Bertz CT molecular complexity index is 893. The lowest BCUT2D eigenvalue weighted by Gasteiger charge is -2.63. The SMILES string of the molecule is CCOC(C1CC(C)C2C(CC3(C)C4CCC5C(C)(C)C(O)CCC56CC46CCC23C)O1)C(C)(C)O. The van der Waals surface area contributed by atoms with Crippen LogP contribution in [0.4, 0.5) is 0 Å². The lowest BCUT2D eigenvalue weighted by atomic mass is 9.41. The number of hydrogen-bond acceptors (Lipinski definition) is 4. The predicted octanol–water partition coefficient (Wildman–Crippen LogP) is 6.37. The van der Waals surface area contributed by atoms with Crippen molar-refractivity contribution in [3.63, 3.8) is 0 Å². The molecule has 5 aliphatic carbocycles. The molecule has 1 saturated heterocycles. The van der Waals surface area contributed by atoms with Crippen molar-refractivity contribution < 1.29 is 19.7 Å². The summed E-state index contributed by atoms with van der Waals surface area (Å²) in [5.74, 6) is 2.63. The second kappa shape index (κ2) is 7.73. The highest BCUT2D eigenvalue weighted by atomic mass is 16.6. The summed E-state index contributed by atoms with van der Waals surface area (Å²) in [6, 6.07) is 0. The fourth-order valence-electron chi connectivity index (χ4n) is 12.5. The molecule has 4 nitrogen and oxygen atoms in total. The minimum atomic E-state index is -0.909. The lowest BCUT2D eigenvalue weighted by Crippen LogP contribution is -2.58. The maximum atomic E-state index is 10.9. The lowest BCUT2D eigenvalue weighted by molar-refractivity contribution is -0.206. The summed E-state index contributed by atoms with van der Waals surface area (Å²) in [5, 5.41) is 21.9. The van der Waals surface area contributed by atoms with Gasteiger partial charge in [-0.15, -0.1) is 0 Å². The Hall–Kier alpha value is -0.160. The van der Waals surface area contributed by atoms with Crippen LogP contribution >= 0.6 is 0 Å². The smallest absolute Gasteiger partial charge is 0.112 e. The monoisotopic (exact) mass is 502 g/mol. The molecule has 0 amide bonds. The van der Waals surface area contributed by atoms with Crippen LogP contribution in [0.5, 0.6) is 0 Å². The molecule has 0 bridgehead atoms. The van der Waals surface area contributed by atoms with E-state index in [4.69, 9.17) is 9.47 Å². The third-order valence-corrected chi connectivity index (χ3v) is 14.1. The van der Waals surface area contributed by atoms with Gasteiger partial charge in [0.1, 0.15) is 6.10 Å². The first-order valence-corrected chi connectivity index (χ1v) is 15.4. The fourth-order valence-corrected chi connectivity index (χ4v) is 12.5. The van der Waals surface area contributed by atoms with Crippen LogP contribution in [-0.2, 0) is 9.47 Å². The molecular formula is C32H54O4. The zero-order valence-corrected chi connectivity index (χ0v) is 24.4. The van der Waals surface area contributed by atoms with E-state index in [0.717, 1.165) is 18.8 Å². The number of aliphatic hydroxyl groups excluding tert-OH is 1. The van der Waals surface area contributed by atoms with E-state index in [2.05, 4.69) is 34.6 Å². The zero-order valence-electron chi connectivity index (χ0n) is 24.4. The van der Waals surface area contributed by atoms with Crippen molar-refractivity contribution in [3.8, 4) is 0 Å². The van der Waals surface area contributed by atoms with E-state index in [1.54, 1.807) is 0 Å². The molecule has 6 rings (SSSR count). The molecule has 0 radical (unpaired) electrons. The first kappa shape index (κ1) is 26.1. The molecule has 1 heterocycles. The summed E-state index contributed by atoms with van der Waals surface area (Å²) in [7, 11) is 0. The number of hydrogen-bond donors (Lipinski definition) is 2. The van der Waals surface area contributed by atoms with Gasteiger partial charge in [0.2, 0.25) is 0 Å². The van der Waals surface area contributed by atoms with Gasteiger partial charge >= 0.3 is 0 Å². The number of rotatable bonds is 4. The molecule has 6 aliphatic rings. The van der Waals surface area contributed by atoms with Gasteiger partial charge in [0, 0.05) is 6.61 Å². The van der Waals surface area contributed by atoms with Crippen molar-refractivity contribution in [1.29, 1.82) is 0 Å². The van der Waals surface area contributed by atoms with Gasteiger partial charge in [-0.05, 0) is 129 Å². The van der Waals surface area contributed by atoms with E-state index in [1.807, 2.05) is 20.8 Å². The van der Waals surface area contributed by atoms with E-state index < -0.39 is 5.60 Å².